The molecule has 0 amide bonds. The quantitative estimate of drug-likeness (QED) is 0.696. The van der Waals surface area contributed by atoms with E-state index in [0.717, 1.165) is 19.2 Å². The van der Waals surface area contributed by atoms with E-state index in [1.165, 1.54) is 29.5 Å². The molecule has 1 aliphatic carbocycles. The van der Waals surface area contributed by atoms with E-state index in [-0.39, 0.29) is 24.2 Å². The molecule has 3 atom stereocenters. The Hall–Kier alpha value is -0.795. The largest absolute Gasteiger partial charge is 0.457 e. The molecule has 3 heteroatoms. The Morgan fingerprint density at radius 1 is 1.21 bits per heavy atom. The zero-order valence-corrected chi connectivity index (χ0v) is 16.3. The van der Waals surface area contributed by atoms with Crippen LogP contribution in [-0.4, -0.2) is 18.8 Å². The van der Waals surface area contributed by atoms with Crippen LogP contribution in [-0.2, 0) is 15.7 Å². The van der Waals surface area contributed by atoms with Crippen molar-refractivity contribution in [2.24, 2.45) is 11.3 Å². The molecule has 1 aromatic carbocycles. The van der Waals surface area contributed by atoms with Gasteiger partial charge in [-0.25, -0.2) is 0 Å². The predicted octanol–water partition coefficient (Wildman–Crippen LogP) is 5.35. The number of hydrogen-bond acceptors (Lipinski definition) is 2. The van der Waals surface area contributed by atoms with Crippen molar-refractivity contribution >= 4 is 7.12 Å². The molecule has 0 bridgehead atoms. The Labute approximate surface area is 148 Å². The Balaban J connectivity index is 1.67. The van der Waals surface area contributed by atoms with Gasteiger partial charge in [-0.2, -0.15) is 0 Å². The third-order valence-electron chi connectivity index (χ3n) is 6.18. The van der Waals surface area contributed by atoms with Gasteiger partial charge in [0.05, 0.1) is 11.7 Å². The number of rotatable bonds is 3. The Bertz CT molecular complexity index is 592. The second kappa shape index (κ2) is 6.50. The molecule has 1 aromatic rings. The molecule has 2 fully saturated rings. The predicted molar refractivity (Wildman–Crippen MR) is 101 cm³/mol. The van der Waals surface area contributed by atoms with Gasteiger partial charge in [0.15, 0.2) is 0 Å². The lowest BCUT2D eigenvalue weighted by molar-refractivity contribution is -0.0753. The van der Waals surface area contributed by atoms with E-state index < -0.39 is 0 Å². The van der Waals surface area contributed by atoms with Crippen LogP contribution in [0.2, 0.25) is 6.32 Å². The van der Waals surface area contributed by atoms with Gasteiger partial charge >= 0.3 is 7.12 Å². The molecule has 3 rings (SSSR count). The smallest absolute Gasteiger partial charge is 0.405 e. The van der Waals surface area contributed by atoms with Crippen LogP contribution in [0.5, 0.6) is 0 Å². The molecule has 0 radical (unpaired) electrons. The van der Waals surface area contributed by atoms with Crippen LogP contribution in [0.1, 0.15) is 63.6 Å². The standard InChI is InChI=1S/C21H33BO2/c1-15-10-11-17(16(2)14-15)12-13-22-23-19-9-7-8-18(20(3,4)5)21(19,6)24-22/h10-11,14,18-19H,7-9,12-13H2,1-6H3/t18-,19+,21-/m0/s1. The number of hydrogen-bond donors (Lipinski definition) is 0. The summed E-state index contributed by atoms with van der Waals surface area (Å²) in [5.41, 5.74) is 4.27. The van der Waals surface area contributed by atoms with E-state index in [1.807, 2.05) is 0 Å². The molecule has 24 heavy (non-hydrogen) atoms. The van der Waals surface area contributed by atoms with Gasteiger partial charge in [0.25, 0.3) is 0 Å². The third-order valence-corrected chi connectivity index (χ3v) is 6.18. The maximum absolute atomic E-state index is 6.56. The number of aryl methyl sites for hydroxylation is 3. The van der Waals surface area contributed by atoms with Gasteiger partial charge < -0.3 is 9.31 Å². The van der Waals surface area contributed by atoms with E-state index in [1.54, 1.807) is 0 Å². The van der Waals surface area contributed by atoms with Crippen LogP contribution >= 0.6 is 0 Å². The minimum absolute atomic E-state index is 0.0522. The first-order chi connectivity index (χ1) is 11.2. The summed E-state index contributed by atoms with van der Waals surface area (Å²) < 4.78 is 12.9. The summed E-state index contributed by atoms with van der Waals surface area (Å²) in [5.74, 6) is 0.565. The SMILES string of the molecule is Cc1ccc(CCB2O[C@@H]3CCC[C@@H](C(C)(C)C)[C@]3(C)O2)c(C)c1. The molecule has 1 saturated heterocycles. The van der Waals surface area contributed by atoms with E-state index in [0.29, 0.717) is 5.92 Å². The van der Waals surface area contributed by atoms with Crippen LogP contribution in [0.25, 0.3) is 0 Å². The average Bonchev–Trinajstić information content (AvgIpc) is 2.81. The van der Waals surface area contributed by atoms with Crippen molar-refractivity contribution in [3.05, 3.63) is 34.9 Å². The van der Waals surface area contributed by atoms with Crippen LogP contribution in [0, 0.1) is 25.2 Å². The van der Waals surface area contributed by atoms with Gasteiger partial charge in [-0.05, 0) is 68.8 Å². The normalized spacial score (nSPS) is 30.5. The van der Waals surface area contributed by atoms with Crippen molar-refractivity contribution in [3.63, 3.8) is 0 Å². The van der Waals surface area contributed by atoms with Crippen molar-refractivity contribution in [1.82, 2.24) is 0 Å². The maximum atomic E-state index is 6.56. The van der Waals surface area contributed by atoms with Crippen LogP contribution in [0.15, 0.2) is 18.2 Å². The fourth-order valence-electron chi connectivity index (χ4n) is 4.98. The topological polar surface area (TPSA) is 18.5 Å². The molecule has 1 aliphatic heterocycles. The van der Waals surface area contributed by atoms with Crippen molar-refractivity contribution in [3.8, 4) is 0 Å². The average molecular weight is 328 g/mol. The molecule has 0 N–H and O–H groups in total. The van der Waals surface area contributed by atoms with Crippen LogP contribution in [0.3, 0.4) is 0 Å². The van der Waals surface area contributed by atoms with Crippen LogP contribution in [0.4, 0.5) is 0 Å². The second-order valence-electron chi connectivity index (χ2n) is 9.17. The molecule has 2 nitrogen and oxygen atoms in total. The van der Waals surface area contributed by atoms with Crippen molar-refractivity contribution < 1.29 is 9.31 Å². The monoisotopic (exact) mass is 328 g/mol. The zero-order valence-electron chi connectivity index (χ0n) is 16.3. The number of benzene rings is 1. The van der Waals surface area contributed by atoms with E-state index >= 15 is 0 Å². The first-order valence-corrected chi connectivity index (χ1v) is 9.59. The lowest BCUT2D eigenvalue weighted by atomic mass is 9.63. The van der Waals surface area contributed by atoms with Gasteiger partial charge in [0.1, 0.15) is 0 Å². The van der Waals surface area contributed by atoms with Crippen molar-refractivity contribution in [2.75, 3.05) is 0 Å². The van der Waals surface area contributed by atoms with Gasteiger partial charge in [-0.1, -0.05) is 51.0 Å². The zero-order chi connectivity index (χ0) is 17.5. The van der Waals surface area contributed by atoms with E-state index in [4.69, 9.17) is 9.31 Å². The summed E-state index contributed by atoms with van der Waals surface area (Å²) in [4.78, 5) is 0. The minimum Gasteiger partial charge on any atom is -0.405 e. The summed E-state index contributed by atoms with van der Waals surface area (Å²) in [7, 11) is -0.0522. The molecule has 1 heterocycles. The fraction of sp³-hybridized carbons (Fsp3) is 0.714. The van der Waals surface area contributed by atoms with Gasteiger partial charge in [-0.15, -0.1) is 0 Å². The molecule has 0 unspecified atom stereocenters. The van der Waals surface area contributed by atoms with Crippen molar-refractivity contribution in [1.29, 1.82) is 0 Å². The molecule has 0 spiro atoms. The van der Waals surface area contributed by atoms with E-state index in [9.17, 15) is 0 Å². The highest BCUT2D eigenvalue weighted by Gasteiger charge is 2.56. The fourth-order valence-corrected chi connectivity index (χ4v) is 4.98. The molecule has 0 aromatic heterocycles. The maximum Gasteiger partial charge on any atom is 0.457 e. The summed E-state index contributed by atoms with van der Waals surface area (Å²) >= 11 is 0. The molecule has 2 aliphatic rings. The first kappa shape index (κ1) is 18.0. The highest BCUT2D eigenvalue weighted by molar-refractivity contribution is 6.45. The van der Waals surface area contributed by atoms with Gasteiger partial charge in [-0.3, -0.25) is 0 Å². The van der Waals surface area contributed by atoms with E-state index in [2.05, 4.69) is 59.7 Å². The number of fused-ring (bicyclic) bond motifs is 1. The lowest BCUT2D eigenvalue weighted by Crippen LogP contribution is -2.51. The molecular formula is C21H33BO2. The Morgan fingerprint density at radius 3 is 2.62 bits per heavy atom. The van der Waals surface area contributed by atoms with Gasteiger partial charge in [0.2, 0.25) is 0 Å². The second-order valence-corrected chi connectivity index (χ2v) is 9.17. The lowest BCUT2D eigenvalue weighted by Gasteiger charge is -2.48. The highest BCUT2D eigenvalue weighted by atomic mass is 16.7. The van der Waals surface area contributed by atoms with Gasteiger partial charge in [0, 0.05) is 0 Å². The third kappa shape index (κ3) is 3.43. The molecule has 1 saturated carbocycles. The minimum atomic E-state index is -0.122. The molecular weight excluding hydrogens is 295 g/mol. The summed E-state index contributed by atoms with van der Waals surface area (Å²) in [6.07, 6.45) is 5.90. The Kier molecular flexibility index (Phi) is 4.87. The summed E-state index contributed by atoms with van der Waals surface area (Å²) in [6, 6.07) is 6.73. The molecule has 132 valence electrons. The van der Waals surface area contributed by atoms with Crippen molar-refractivity contribution in [2.45, 2.75) is 85.3 Å². The summed E-state index contributed by atoms with van der Waals surface area (Å²) in [5, 5.41) is 0. The summed E-state index contributed by atoms with van der Waals surface area (Å²) in [6.45, 7) is 13.7. The Morgan fingerprint density at radius 2 is 1.96 bits per heavy atom. The highest BCUT2D eigenvalue weighted by Crippen LogP contribution is 2.50. The van der Waals surface area contributed by atoms with Crippen LogP contribution < -0.4 is 0 Å². The first-order valence-electron chi connectivity index (χ1n) is 9.59.